The van der Waals surface area contributed by atoms with Crippen LogP contribution in [0.25, 0.3) is 0 Å². The van der Waals surface area contributed by atoms with Crippen LogP contribution >= 0.6 is 0 Å². The molecule has 0 aromatic heterocycles. The molecule has 0 bridgehead atoms. The molecule has 0 amide bonds. The third-order valence-electron chi connectivity index (χ3n) is 3.24. The summed E-state index contributed by atoms with van der Waals surface area (Å²) in [6.45, 7) is 6.58. The molecule has 0 aromatic rings. The van der Waals surface area contributed by atoms with E-state index in [9.17, 15) is 8.42 Å². The molecular formula is C11H23NO2S. The van der Waals surface area contributed by atoms with Gasteiger partial charge in [-0.3, -0.25) is 0 Å². The van der Waals surface area contributed by atoms with Crippen LogP contribution in [0.15, 0.2) is 0 Å². The number of hydrogen-bond acceptors (Lipinski definition) is 2. The highest BCUT2D eigenvalue weighted by molar-refractivity contribution is 7.88. The maximum Gasteiger partial charge on any atom is 0.208 e. The summed E-state index contributed by atoms with van der Waals surface area (Å²) < 4.78 is 25.3. The van der Waals surface area contributed by atoms with Gasteiger partial charge in [0.2, 0.25) is 10.0 Å². The van der Waals surface area contributed by atoms with E-state index in [2.05, 4.69) is 25.5 Å². The van der Waals surface area contributed by atoms with Crippen molar-refractivity contribution in [2.24, 2.45) is 11.3 Å². The molecule has 0 aromatic carbocycles. The largest absolute Gasteiger partial charge is 0.213 e. The van der Waals surface area contributed by atoms with Crippen molar-refractivity contribution in [2.75, 3.05) is 6.26 Å². The van der Waals surface area contributed by atoms with E-state index in [0.29, 0.717) is 5.92 Å². The third-order valence-corrected chi connectivity index (χ3v) is 3.97. The molecule has 15 heavy (non-hydrogen) atoms. The minimum Gasteiger partial charge on any atom is -0.213 e. The highest BCUT2D eigenvalue weighted by atomic mass is 32.2. The number of rotatable bonds is 2. The minimum absolute atomic E-state index is 0.133. The standard InChI is InChI=1S/C11H23NO2S/c1-11(2,3)9-7-5-6-8-10(9)12-15(4,13)14/h9-10,12H,5-8H2,1-4H3. The van der Waals surface area contributed by atoms with Gasteiger partial charge in [-0.25, -0.2) is 13.1 Å². The predicted octanol–water partition coefficient (Wildman–Crippen LogP) is 2.14. The summed E-state index contributed by atoms with van der Waals surface area (Å²) in [5.41, 5.74) is 0.183. The zero-order chi connectivity index (χ0) is 11.7. The lowest BCUT2D eigenvalue weighted by molar-refractivity contribution is 0.144. The van der Waals surface area contributed by atoms with E-state index in [1.54, 1.807) is 0 Å². The van der Waals surface area contributed by atoms with Crippen molar-refractivity contribution in [1.82, 2.24) is 4.72 Å². The van der Waals surface area contributed by atoms with E-state index >= 15 is 0 Å². The summed E-state index contributed by atoms with van der Waals surface area (Å²) in [5, 5.41) is 0. The van der Waals surface area contributed by atoms with E-state index in [0.717, 1.165) is 19.3 Å². The van der Waals surface area contributed by atoms with E-state index in [-0.39, 0.29) is 11.5 Å². The molecule has 0 aliphatic heterocycles. The molecule has 2 atom stereocenters. The van der Waals surface area contributed by atoms with Crippen LogP contribution in [0.3, 0.4) is 0 Å². The van der Waals surface area contributed by atoms with Crippen LogP contribution in [0.4, 0.5) is 0 Å². The molecule has 1 saturated carbocycles. The van der Waals surface area contributed by atoms with Gasteiger partial charge >= 0.3 is 0 Å². The van der Waals surface area contributed by atoms with Crippen molar-refractivity contribution < 1.29 is 8.42 Å². The van der Waals surface area contributed by atoms with Gasteiger partial charge in [-0.15, -0.1) is 0 Å². The Morgan fingerprint density at radius 2 is 1.67 bits per heavy atom. The van der Waals surface area contributed by atoms with Gasteiger partial charge in [0.25, 0.3) is 0 Å². The van der Waals surface area contributed by atoms with Crippen molar-refractivity contribution in [3.05, 3.63) is 0 Å². The summed E-state index contributed by atoms with van der Waals surface area (Å²) in [6.07, 6.45) is 5.73. The maximum atomic E-state index is 11.3. The Bertz CT molecular complexity index is 303. The zero-order valence-corrected chi connectivity index (χ0v) is 11.0. The van der Waals surface area contributed by atoms with Crippen molar-refractivity contribution >= 4 is 10.0 Å². The second kappa shape index (κ2) is 4.42. The van der Waals surface area contributed by atoms with Crippen LogP contribution in [0, 0.1) is 11.3 Å². The quantitative estimate of drug-likeness (QED) is 0.794. The SMILES string of the molecule is CC(C)(C)C1CCCCC1NS(C)(=O)=O. The van der Waals surface area contributed by atoms with Crippen molar-refractivity contribution in [2.45, 2.75) is 52.5 Å². The average Bonchev–Trinajstić information content (AvgIpc) is 1.99. The minimum atomic E-state index is -3.07. The lowest BCUT2D eigenvalue weighted by Crippen LogP contribution is -2.46. The summed E-state index contributed by atoms with van der Waals surface area (Å²) in [5.74, 6) is 0.459. The molecule has 0 spiro atoms. The first-order valence-corrected chi connectivity index (χ1v) is 7.56. The lowest BCUT2D eigenvalue weighted by Gasteiger charge is -2.40. The Balaban J connectivity index is 2.75. The van der Waals surface area contributed by atoms with Gasteiger partial charge in [0.15, 0.2) is 0 Å². The molecule has 0 saturated heterocycles. The second-order valence-electron chi connectivity index (χ2n) is 5.75. The molecule has 1 rings (SSSR count). The number of hydrogen-bond donors (Lipinski definition) is 1. The highest BCUT2D eigenvalue weighted by Gasteiger charge is 2.35. The fourth-order valence-corrected chi connectivity index (χ4v) is 3.42. The van der Waals surface area contributed by atoms with Crippen LogP contribution in [0.2, 0.25) is 0 Å². The molecule has 1 aliphatic carbocycles. The molecule has 3 nitrogen and oxygen atoms in total. The summed E-state index contributed by atoms with van der Waals surface area (Å²) >= 11 is 0. The maximum absolute atomic E-state index is 11.3. The number of sulfonamides is 1. The molecule has 1 N–H and O–H groups in total. The fourth-order valence-electron chi connectivity index (χ4n) is 2.58. The van der Waals surface area contributed by atoms with Gasteiger partial charge in [0, 0.05) is 6.04 Å². The lowest BCUT2D eigenvalue weighted by atomic mass is 9.70. The van der Waals surface area contributed by atoms with Crippen LogP contribution in [-0.2, 0) is 10.0 Å². The molecule has 4 heteroatoms. The monoisotopic (exact) mass is 233 g/mol. The predicted molar refractivity (Wildman–Crippen MR) is 63.2 cm³/mol. The molecule has 2 unspecified atom stereocenters. The Labute approximate surface area is 93.7 Å². The second-order valence-corrected chi connectivity index (χ2v) is 7.53. The van der Waals surface area contributed by atoms with E-state index in [1.807, 2.05) is 0 Å². The van der Waals surface area contributed by atoms with Crippen LogP contribution in [0.5, 0.6) is 0 Å². The Hall–Kier alpha value is -0.0900. The zero-order valence-electron chi connectivity index (χ0n) is 10.2. The van der Waals surface area contributed by atoms with Gasteiger partial charge in [-0.2, -0.15) is 0 Å². The van der Waals surface area contributed by atoms with E-state index in [1.165, 1.54) is 12.7 Å². The topological polar surface area (TPSA) is 46.2 Å². The molecule has 1 fully saturated rings. The first-order valence-electron chi connectivity index (χ1n) is 5.67. The van der Waals surface area contributed by atoms with Gasteiger partial charge in [-0.05, 0) is 24.2 Å². The van der Waals surface area contributed by atoms with Crippen LogP contribution in [-0.4, -0.2) is 20.7 Å². The Kier molecular flexibility index (Phi) is 3.82. The van der Waals surface area contributed by atoms with Gasteiger partial charge < -0.3 is 0 Å². The molecule has 1 aliphatic rings. The fraction of sp³-hybridized carbons (Fsp3) is 1.00. The summed E-state index contributed by atoms with van der Waals surface area (Å²) in [7, 11) is -3.07. The first-order chi connectivity index (χ1) is 6.70. The molecular weight excluding hydrogens is 210 g/mol. The summed E-state index contributed by atoms with van der Waals surface area (Å²) in [6, 6.07) is 0.133. The molecule has 0 radical (unpaired) electrons. The Morgan fingerprint density at radius 3 is 2.13 bits per heavy atom. The van der Waals surface area contributed by atoms with E-state index < -0.39 is 10.0 Å². The van der Waals surface area contributed by atoms with Crippen LogP contribution in [0.1, 0.15) is 46.5 Å². The van der Waals surface area contributed by atoms with Crippen LogP contribution < -0.4 is 4.72 Å². The smallest absolute Gasteiger partial charge is 0.208 e. The number of nitrogens with one attached hydrogen (secondary N) is 1. The summed E-state index contributed by atoms with van der Waals surface area (Å²) in [4.78, 5) is 0. The van der Waals surface area contributed by atoms with E-state index in [4.69, 9.17) is 0 Å². The highest BCUT2D eigenvalue weighted by Crippen LogP contribution is 2.38. The Morgan fingerprint density at radius 1 is 1.13 bits per heavy atom. The normalized spacial score (nSPS) is 29.1. The van der Waals surface area contributed by atoms with Crippen molar-refractivity contribution in [3.8, 4) is 0 Å². The first kappa shape index (κ1) is 13.0. The molecule has 0 heterocycles. The third kappa shape index (κ3) is 4.11. The molecule has 90 valence electrons. The average molecular weight is 233 g/mol. The van der Waals surface area contributed by atoms with Gasteiger partial charge in [-0.1, -0.05) is 33.6 Å². The van der Waals surface area contributed by atoms with Crippen molar-refractivity contribution in [3.63, 3.8) is 0 Å². The van der Waals surface area contributed by atoms with Gasteiger partial charge in [0.05, 0.1) is 6.26 Å². The van der Waals surface area contributed by atoms with Gasteiger partial charge in [0.1, 0.15) is 0 Å². The van der Waals surface area contributed by atoms with Crippen molar-refractivity contribution in [1.29, 1.82) is 0 Å².